The summed E-state index contributed by atoms with van der Waals surface area (Å²) in [7, 11) is 1.61. The first kappa shape index (κ1) is 12.2. The van der Waals surface area contributed by atoms with Crippen LogP contribution >= 0.6 is 0 Å². The van der Waals surface area contributed by atoms with Crippen molar-refractivity contribution in [3.63, 3.8) is 0 Å². The molecule has 0 saturated heterocycles. The molecule has 0 spiro atoms. The van der Waals surface area contributed by atoms with Crippen molar-refractivity contribution in [2.75, 3.05) is 24.6 Å². The van der Waals surface area contributed by atoms with Gasteiger partial charge in [-0.2, -0.15) is 0 Å². The monoisotopic (exact) mass is 226 g/mol. The molecule has 1 rings (SSSR count). The Hall–Kier alpha value is -1.89. The molecule has 0 bridgehead atoms. The minimum absolute atomic E-state index is 0.0715. The quantitative estimate of drug-likeness (QED) is 0.429. The van der Waals surface area contributed by atoms with Crippen LogP contribution in [0.4, 0.5) is 11.5 Å². The number of anilines is 1. The summed E-state index contributed by atoms with van der Waals surface area (Å²) in [4.78, 5) is 11.9. The molecule has 0 amide bonds. The Morgan fingerprint density at radius 2 is 2.50 bits per heavy atom. The van der Waals surface area contributed by atoms with Gasteiger partial charge in [-0.3, -0.25) is 14.8 Å². The summed E-state index contributed by atoms with van der Waals surface area (Å²) in [5.41, 5.74) is -0.0715. The molecule has 0 atom stereocenters. The van der Waals surface area contributed by atoms with Crippen LogP contribution < -0.4 is 4.90 Å². The van der Waals surface area contributed by atoms with Gasteiger partial charge in [0, 0.05) is 20.1 Å². The van der Waals surface area contributed by atoms with Gasteiger partial charge in [-0.15, -0.1) is 11.7 Å². The van der Waals surface area contributed by atoms with Gasteiger partial charge in [0.15, 0.2) is 0 Å². The Balaban J connectivity index is 3.06. The largest absolute Gasteiger partial charge is 0.395 e. The summed E-state index contributed by atoms with van der Waals surface area (Å²) in [6.07, 6.45) is 2.94. The summed E-state index contributed by atoms with van der Waals surface area (Å²) in [5.74, 6) is 0.251. The number of aryl methyl sites for hydroxylation is 1. The average molecular weight is 226 g/mol. The van der Waals surface area contributed by atoms with Crippen LogP contribution in [-0.2, 0) is 7.05 Å². The third-order valence-corrected chi connectivity index (χ3v) is 2.01. The highest BCUT2D eigenvalue weighted by molar-refractivity contribution is 5.57. The predicted octanol–water partition coefficient (Wildman–Crippen LogP) is 0.313. The Labute approximate surface area is 92.7 Å². The molecule has 7 nitrogen and oxygen atoms in total. The molecule has 7 heteroatoms. The lowest BCUT2D eigenvalue weighted by Gasteiger charge is -2.18. The minimum atomic E-state index is -0.490. The third-order valence-electron chi connectivity index (χ3n) is 2.01. The first-order valence-corrected chi connectivity index (χ1v) is 4.75. The highest BCUT2D eigenvalue weighted by atomic mass is 16.6. The van der Waals surface area contributed by atoms with Gasteiger partial charge in [0.05, 0.1) is 11.5 Å². The molecule has 0 saturated carbocycles. The van der Waals surface area contributed by atoms with E-state index in [1.165, 1.54) is 10.9 Å². The van der Waals surface area contributed by atoms with Crippen molar-refractivity contribution in [1.82, 2.24) is 9.78 Å². The number of aromatic nitrogens is 2. The van der Waals surface area contributed by atoms with Crippen LogP contribution in [0, 0.1) is 10.1 Å². The number of hydrogen-bond acceptors (Lipinski definition) is 5. The maximum atomic E-state index is 10.8. The van der Waals surface area contributed by atoms with Crippen molar-refractivity contribution in [3.05, 3.63) is 29.0 Å². The molecule has 1 N–H and O–H groups in total. The van der Waals surface area contributed by atoms with E-state index >= 15 is 0 Å². The van der Waals surface area contributed by atoms with E-state index in [9.17, 15) is 10.1 Å². The van der Waals surface area contributed by atoms with E-state index in [0.717, 1.165) is 0 Å². The van der Waals surface area contributed by atoms with Gasteiger partial charge >= 0.3 is 5.69 Å². The van der Waals surface area contributed by atoms with Gasteiger partial charge in [-0.1, -0.05) is 6.08 Å². The van der Waals surface area contributed by atoms with E-state index in [4.69, 9.17) is 5.11 Å². The van der Waals surface area contributed by atoms with Gasteiger partial charge in [0.25, 0.3) is 0 Å². The summed E-state index contributed by atoms with van der Waals surface area (Å²) in [5, 5.41) is 23.7. The SMILES string of the molecule is C=CCN(CCO)c1nn(C)cc1[N+](=O)[O-]. The zero-order chi connectivity index (χ0) is 12.1. The number of rotatable bonds is 6. The fourth-order valence-corrected chi connectivity index (χ4v) is 1.38. The van der Waals surface area contributed by atoms with Crippen molar-refractivity contribution in [2.24, 2.45) is 7.05 Å². The van der Waals surface area contributed by atoms with E-state index in [1.54, 1.807) is 18.0 Å². The maximum Gasteiger partial charge on any atom is 0.330 e. The summed E-state index contributed by atoms with van der Waals surface area (Å²) in [6.45, 7) is 4.15. The van der Waals surface area contributed by atoms with E-state index in [-0.39, 0.29) is 24.7 Å². The zero-order valence-corrected chi connectivity index (χ0v) is 9.04. The lowest BCUT2D eigenvalue weighted by molar-refractivity contribution is -0.384. The molecule has 1 aromatic heterocycles. The van der Waals surface area contributed by atoms with Crippen molar-refractivity contribution >= 4 is 11.5 Å². The van der Waals surface area contributed by atoms with E-state index in [0.29, 0.717) is 6.54 Å². The molecule has 0 aliphatic carbocycles. The Bertz CT molecular complexity index is 388. The first-order chi connectivity index (χ1) is 7.60. The lowest BCUT2D eigenvalue weighted by atomic mass is 10.4. The standard InChI is InChI=1S/C9H14N4O3/c1-3-4-12(5-6-14)9-8(13(15)16)7-11(2)10-9/h3,7,14H,1,4-6H2,2H3. The predicted molar refractivity (Wildman–Crippen MR) is 59.4 cm³/mol. The molecule has 0 aliphatic rings. The summed E-state index contributed by atoms with van der Waals surface area (Å²) >= 11 is 0. The van der Waals surface area contributed by atoms with Crippen LogP contribution in [0.15, 0.2) is 18.9 Å². The van der Waals surface area contributed by atoms with E-state index in [1.807, 2.05) is 0 Å². The fraction of sp³-hybridized carbons (Fsp3) is 0.444. The highest BCUT2D eigenvalue weighted by Gasteiger charge is 2.22. The van der Waals surface area contributed by atoms with Crippen LogP contribution in [-0.4, -0.2) is 39.5 Å². The van der Waals surface area contributed by atoms with Gasteiger partial charge in [-0.25, -0.2) is 0 Å². The number of aliphatic hydroxyl groups excluding tert-OH is 1. The summed E-state index contributed by atoms with van der Waals surface area (Å²) in [6, 6.07) is 0. The number of hydrogen-bond donors (Lipinski definition) is 1. The smallest absolute Gasteiger partial charge is 0.330 e. The maximum absolute atomic E-state index is 10.8. The van der Waals surface area contributed by atoms with Gasteiger partial charge in [0.1, 0.15) is 6.20 Å². The fourth-order valence-electron chi connectivity index (χ4n) is 1.38. The normalized spacial score (nSPS) is 10.1. The molecule has 0 fully saturated rings. The van der Waals surface area contributed by atoms with Crippen molar-refractivity contribution in [3.8, 4) is 0 Å². The molecule has 0 aliphatic heterocycles. The molecule has 88 valence electrons. The lowest BCUT2D eigenvalue weighted by Crippen LogP contribution is -2.27. The second kappa shape index (κ2) is 5.26. The Morgan fingerprint density at radius 1 is 1.81 bits per heavy atom. The van der Waals surface area contributed by atoms with Crippen molar-refractivity contribution in [2.45, 2.75) is 0 Å². The summed E-state index contributed by atoms with van der Waals surface area (Å²) < 4.78 is 1.38. The molecule has 0 radical (unpaired) electrons. The van der Waals surface area contributed by atoms with Crippen LogP contribution in [0.25, 0.3) is 0 Å². The molecule has 1 heterocycles. The Morgan fingerprint density at radius 3 is 3.00 bits per heavy atom. The van der Waals surface area contributed by atoms with Gasteiger partial charge in [-0.05, 0) is 0 Å². The number of nitro groups is 1. The van der Waals surface area contributed by atoms with Crippen LogP contribution in [0.2, 0.25) is 0 Å². The molecule has 0 unspecified atom stereocenters. The zero-order valence-electron chi connectivity index (χ0n) is 9.04. The van der Waals surface area contributed by atoms with Gasteiger partial charge in [0.2, 0.25) is 5.82 Å². The first-order valence-electron chi connectivity index (χ1n) is 4.75. The molecule has 1 aromatic rings. The van der Waals surface area contributed by atoms with E-state index in [2.05, 4.69) is 11.7 Å². The highest BCUT2D eigenvalue weighted by Crippen LogP contribution is 2.25. The molecular weight excluding hydrogens is 212 g/mol. The minimum Gasteiger partial charge on any atom is -0.395 e. The second-order valence-corrected chi connectivity index (χ2v) is 3.23. The van der Waals surface area contributed by atoms with Gasteiger partial charge < -0.3 is 10.0 Å². The van der Waals surface area contributed by atoms with E-state index < -0.39 is 4.92 Å². The third kappa shape index (κ3) is 2.57. The number of nitrogens with zero attached hydrogens (tertiary/aromatic N) is 4. The number of aliphatic hydroxyl groups is 1. The Kier molecular flexibility index (Phi) is 4.01. The van der Waals surface area contributed by atoms with Crippen LogP contribution in [0.3, 0.4) is 0 Å². The second-order valence-electron chi connectivity index (χ2n) is 3.23. The van der Waals surface area contributed by atoms with Crippen molar-refractivity contribution in [1.29, 1.82) is 0 Å². The van der Waals surface area contributed by atoms with Crippen molar-refractivity contribution < 1.29 is 10.0 Å². The van der Waals surface area contributed by atoms with Crippen LogP contribution in [0.5, 0.6) is 0 Å². The molecular formula is C9H14N4O3. The molecule has 16 heavy (non-hydrogen) atoms. The average Bonchev–Trinajstić information content (AvgIpc) is 2.60. The molecule has 0 aromatic carbocycles. The topological polar surface area (TPSA) is 84.4 Å². The van der Waals surface area contributed by atoms with Crippen LogP contribution in [0.1, 0.15) is 0 Å².